The topological polar surface area (TPSA) is 37.6 Å². The molecule has 0 spiro atoms. The molecule has 0 aliphatic rings. The minimum absolute atomic E-state index is 0.161. The molecule has 0 fully saturated rings. The third-order valence-electron chi connectivity index (χ3n) is 5.76. The Morgan fingerprint density at radius 3 is 2.48 bits per heavy atom. The van der Waals surface area contributed by atoms with E-state index in [9.17, 15) is 4.79 Å². The fraction of sp³-hybridized carbons (Fsp3) is 0.417. The molecular formula is C24H32N3OS+. The number of quaternary nitrogens is 1. The molecule has 1 aromatic heterocycles. The lowest BCUT2D eigenvalue weighted by Crippen LogP contribution is -3.12. The van der Waals surface area contributed by atoms with Crippen molar-refractivity contribution in [1.82, 2.24) is 4.98 Å². The molecule has 0 atom stereocenters. The first-order chi connectivity index (χ1) is 14.0. The molecule has 29 heavy (non-hydrogen) atoms. The van der Waals surface area contributed by atoms with Gasteiger partial charge in [-0.15, -0.1) is 0 Å². The van der Waals surface area contributed by atoms with Crippen LogP contribution >= 0.6 is 11.3 Å². The van der Waals surface area contributed by atoms with Gasteiger partial charge in [-0.25, -0.2) is 4.98 Å². The van der Waals surface area contributed by atoms with Crippen LogP contribution in [0.25, 0.3) is 10.2 Å². The van der Waals surface area contributed by atoms with Gasteiger partial charge in [-0.1, -0.05) is 47.7 Å². The molecule has 1 amide bonds. The number of rotatable bonds is 9. The third kappa shape index (κ3) is 5.22. The molecule has 0 radical (unpaired) electrons. The van der Waals surface area contributed by atoms with Crippen molar-refractivity contribution in [1.29, 1.82) is 0 Å². The van der Waals surface area contributed by atoms with Crippen molar-refractivity contribution in [2.24, 2.45) is 0 Å². The highest BCUT2D eigenvalue weighted by Crippen LogP contribution is 2.32. The quantitative estimate of drug-likeness (QED) is 0.583. The van der Waals surface area contributed by atoms with E-state index in [0.717, 1.165) is 41.4 Å². The van der Waals surface area contributed by atoms with Gasteiger partial charge in [-0.05, 0) is 56.9 Å². The molecule has 4 nitrogen and oxygen atoms in total. The van der Waals surface area contributed by atoms with Crippen molar-refractivity contribution in [3.05, 3.63) is 59.2 Å². The van der Waals surface area contributed by atoms with E-state index in [0.29, 0.717) is 13.0 Å². The van der Waals surface area contributed by atoms with Crippen LogP contribution in [0.4, 0.5) is 5.13 Å². The van der Waals surface area contributed by atoms with Crippen LogP contribution in [0.15, 0.2) is 42.5 Å². The number of carbonyl (C=O) groups is 1. The zero-order chi connectivity index (χ0) is 20.8. The van der Waals surface area contributed by atoms with Crippen molar-refractivity contribution in [2.45, 2.75) is 40.5 Å². The van der Waals surface area contributed by atoms with Crippen molar-refractivity contribution < 1.29 is 9.69 Å². The first-order valence-corrected chi connectivity index (χ1v) is 11.4. The normalized spacial score (nSPS) is 11.3. The molecule has 5 heteroatoms. The molecule has 0 saturated carbocycles. The van der Waals surface area contributed by atoms with Crippen LogP contribution in [0, 0.1) is 13.8 Å². The van der Waals surface area contributed by atoms with Gasteiger partial charge in [0.1, 0.15) is 0 Å². The molecule has 2 aromatic carbocycles. The summed E-state index contributed by atoms with van der Waals surface area (Å²) >= 11 is 1.63. The fourth-order valence-corrected chi connectivity index (χ4v) is 4.63. The predicted molar refractivity (Wildman–Crippen MR) is 123 cm³/mol. The number of benzene rings is 2. The summed E-state index contributed by atoms with van der Waals surface area (Å²) in [4.78, 5) is 21.5. The Morgan fingerprint density at radius 2 is 1.79 bits per heavy atom. The minimum Gasteiger partial charge on any atom is -0.334 e. The van der Waals surface area contributed by atoms with Crippen molar-refractivity contribution in [3.8, 4) is 0 Å². The lowest BCUT2D eigenvalue weighted by Gasteiger charge is -2.23. The number of aromatic nitrogens is 1. The summed E-state index contributed by atoms with van der Waals surface area (Å²) in [5.74, 6) is 0.161. The Balaban J connectivity index is 1.83. The van der Waals surface area contributed by atoms with E-state index in [4.69, 9.17) is 4.98 Å². The van der Waals surface area contributed by atoms with E-state index < -0.39 is 0 Å². The van der Waals surface area contributed by atoms with E-state index in [1.54, 1.807) is 11.3 Å². The smallest absolute Gasteiger partial charge is 0.229 e. The second-order valence-corrected chi connectivity index (χ2v) is 8.60. The Kier molecular flexibility index (Phi) is 7.40. The predicted octanol–water partition coefficient (Wildman–Crippen LogP) is 3.80. The highest BCUT2D eigenvalue weighted by molar-refractivity contribution is 7.22. The summed E-state index contributed by atoms with van der Waals surface area (Å²) < 4.78 is 1.15. The Hall–Kier alpha value is -2.24. The van der Waals surface area contributed by atoms with Crippen LogP contribution in [-0.2, 0) is 11.2 Å². The molecule has 0 saturated heterocycles. The zero-order valence-electron chi connectivity index (χ0n) is 18.0. The number of aryl methyl sites for hydroxylation is 3. The molecule has 3 aromatic rings. The summed E-state index contributed by atoms with van der Waals surface area (Å²) in [6.07, 6.45) is 1.27. The van der Waals surface area contributed by atoms with E-state index >= 15 is 0 Å². The van der Waals surface area contributed by atoms with Gasteiger partial charge in [0, 0.05) is 6.42 Å². The van der Waals surface area contributed by atoms with E-state index in [1.807, 2.05) is 23.1 Å². The number of amides is 1. The summed E-state index contributed by atoms with van der Waals surface area (Å²) in [6, 6.07) is 14.5. The highest BCUT2D eigenvalue weighted by atomic mass is 32.1. The fourth-order valence-electron chi connectivity index (χ4n) is 3.56. The Morgan fingerprint density at radius 1 is 1.07 bits per heavy atom. The van der Waals surface area contributed by atoms with Gasteiger partial charge in [0.25, 0.3) is 0 Å². The van der Waals surface area contributed by atoms with E-state index in [2.05, 4.69) is 52.0 Å². The number of hydrogen-bond donors (Lipinski definition) is 1. The summed E-state index contributed by atoms with van der Waals surface area (Å²) in [7, 11) is 0. The summed E-state index contributed by atoms with van der Waals surface area (Å²) in [5, 5.41) is 0.832. The lowest BCUT2D eigenvalue weighted by atomic mass is 10.1. The monoisotopic (exact) mass is 410 g/mol. The second-order valence-electron chi connectivity index (χ2n) is 7.59. The second kappa shape index (κ2) is 9.99. The molecular weight excluding hydrogens is 378 g/mol. The van der Waals surface area contributed by atoms with Crippen molar-refractivity contribution >= 4 is 32.6 Å². The maximum absolute atomic E-state index is 13.2. The van der Waals surface area contributed by atoms with Crippen LogP contribution in [0.2, 0.25) is 0 Å². The lowest BCUT2D eigenvalue weighted by molar-refractivity contribution is -0.894. The first kappa shape index (κ1) is 21.5. The average Bonchev–Trinajstić information content (AvgIpc) is 3.18. The molecule has 0 bridgehead atoms. The van der Waals surface area contributed by atoms with E-state index in [-0.39, 0.29) is 5.91 Å². The van der Waals surface area contributed by atoms with Crippen LogP contribution in [0.5, 0.6) is 0 Å². The van der Waals surface area contributed by atoms with Crippen LogP contribution in [-0.4, -0.2) is 37.1 Å². The molecule has 0 unspecified atom stereocenters. The minimum atomic E-state index is 0.161. The standard InChI is InChI=1S/C24H31N3OS/c1-5-26(6-2)16-17-27(22(28)15-13-20-10-8-7-9-11-20)24-25-23-19(4)18(3)12-14-21(23)29-24/h7-12,14H,5-6,13,15-17H2,1-4H3/p+1. The number of fused-ring (bicyclic) bond motifs is 1. The largest absolute Gasteiger partial charge is 0.334 e. The van der Waals surface area contributed by atoms with Crippen LogP contribution in [0.3, 0.4) is 0 Å². The maximum atomic E-state index is 13.2. The van der Waals surface area contributed by atoms with Gasteiger partial charge in [-0.3, -0.25) is 9.69 Å². The zero-order valence-corrected chi connectivity index (χ0v) is 18.8. The number of hydrogen-bond acceptors (Lipinski definition) is 3. The first-order valence-electron chi connectivity index (χ1n) is 10.6. The Labute approximate surface area is 178 Å². The molecule has 0 aliphatic heterocycles. The average molecular weight is 411 g/mol. The SMILES string of the molecule is CC[NH+](CC)CCN(C(=O)CCc1ccccc1)c1nc2c(C)c(C)ccc2s1. The van der Waals surface area contributed by atoms with Crippen molar-refractivity contribution in [3.63, 3.8) is 0 Å². The van der Waals surface area contributed by atoms with Gasteiger partial charge in [-0.2, -0.15) is 0 Å². The van der Waals surface area contributed by atoms with Gasteiger partial charge in [0.05, 0.1) is 36.4 Å². The number of carbonyl (C=O) groups excluding carboxylic acids is 1. The van der Waals surface area contributed by atoms with Gasteiger partial charge < -0.3 is 4.90 Å². The van der Waals surface area contributed by atoms with Gasteiger partial charge >= 0.3 is 0 Å². The molecule has 0 aliphatic carbocycles. The molecule has 1 N–H and O–H groups in total. The number of anilines is 1. The van der Waals surface area contributed by atoms with Gasteiger partial charge in [0.15, 0.2) is 5.13 Å². The molecule has 1 heterocycles. The molecule has 3 rings (SSSR count). The number of nitrogens with zero attached hydrogens (tertiary/aromatic N) is 2. The number of nitrogens with one attached hydrogen (secondary N) is 1. The number of likely N-dealkylation sites (N-methyl/N-ethyl adjacent to an activating group) is 1. The van der Waals surface area contributed by atoms with Crippen LogP contribution < -0.4 is 9.80 Å². The summed E-state index contributed by atoms with van der Waals surface area (Å²) in [6.45, 7) is 12.4. The number of thiazole rings is 1. The Bertz CT molecular complexity index is 947. The summed E-state index contributed by atoms with van der Waals surface area (Å²) in [5.41, 5.74) is 4.67. The highest BCUT2D eigenvalue weighted by Gasteiger charge is 2.22. The van der Waals surface area contributed by atoms with Gasteiger partial charge in [0.2, 0.25) is 5.91 Å². The van der Waals surface area contributed by atoms with Crippen LogP contribution in [0.1, 0.15) is 37.0 Å². The van der Waals surface area contributed by atoms with E-state index in [1.165, 1.54) is 21.6 Å². The molecule has 154 valence electrons. The third-order valence-corrected chi connectivity index (χ3v) is 6.81. The maximum Gasteiger partial charge on any atom is 0.229 e. The van der Waals surface area contributed by atoms with Crippen molar-refractivity contribution in [2.75, 3.05) is 31.1 Å².